The summed E-state index contributed by atoms with van der Waals surface area (Å²) >= 11 is 12.1. The molecular formula is C19H25Cl2N3O5S. The normalized spacial score (nSPS) is 12.0. The van der Waals surface area contributed by atoms with E-state index in [1.165, 1.54) is 0 Å². The molecule has 166 valence electrons. The van der Waals surface area contributed by atoms with Gasteiger partial charge in [-0.05, 0) is 45.7 Å². The van der Waals surface area contributed by atoms with Crippen LogP contribution in [0.5, 0.6) is 0 Å². The minimum Gasteiger partial charge on any atom is -0.444 e. The third-order valence-electron chi connectivity index (χ3n) is 3.85. The molecule has 1 heterocycles. The number of hydrogen-bond acceptors (Lipinski definition) is 7. The monoisotopic (exact) mass is 477 g/mol. The van der Waals surface area contributed by atoms with Crippen molar-refractivity contribution >= 4 is 39.1 Å². The van der Waals surface area contributed by atoms with Gasteiger partial charge >= 0.3 is 11.3 Å². The molecule has 1 aromatic heterocycles. The third kappa shape index (κ3) is 7.77. The molecule has 0 radical (unpaired) electrons. The van der Waals surface area contributed by atoms with Crippen molar-refractivity contribution in [2.75, 3.05) is 6.54 Å². The zero-order valence-corrected chi connectivity index (χ0v) is 19.4. The molecule has 0 aliphatic rings. The SMILES string of the molecule is CC(C)(C)OC(=O)NCCCCCc1nnc(S(=O)(=O)Cc2c(Cl)cccc2Cl)o1. The number of hydrogen-bond donors (Lipinski definition) is 1. The Hall–Kier alpha value is -1.84. The first kappa shape index (κ1) is 24.4. The predicted molar refractivity (Wildman–Crippen MR) is 113 cm³/mol. The summed E-state index contributed by atoms with van der Waals surface area (Å²) in [7, 11) is -3.87. The number of nitrogens with one attached hydrogen (secondary N) is 1. The van der Waals surface area contributed by atoms with Gasteiger partial charge in [-0.15, -0.1) is 5.10 Å². The zero-order valence-electron chi connectivity index (χ0n) is 17.1. The molecule has 8 nitrogen and oxygen atoms in total. The molecule has 0 bridgehead atoms. The minimum absolute atomic E-state index is 0.235. The Morgan fingerprint density at radius 1 is 1.13 bits per heavy atom. The molecule has 0 atom stereocenters. The Morgan fingerprint density at radius 3 is 2.43 bits per heavy atom. The van der Waals surface area contributed by atoms with Crippen LogP contribution in [0.4, 0.5) is 4.79 Å². The van der Waals surface area contributed by atoms with Crippen LogP contribution in [0, 0.1) is 0 Å². The molecule has 1 aromatic carbocycles. The van der Waals surface area contributed by atoms with Gasteiger partial charge in [0, 0.05) is 28.6 Å². The van der Waals surface area contributed by atoms with Gasteiger partial charge in [0.1, 0.15) is 5.60 Å². The number of nitrogens with zero attached hydrogens (tertiary/aromatic N) is 2. The molecule has 2 aromatic rings. The number of sulfone groups is 1. The number of alkyl carbamates (subject to hydrolysis) is 1. The molecule has 1 N–H and O–H groups in total. The first-order valence-electron chi connectivity index (χ1n) is 9.43. The average Bonchev–Trinajstić information content (AvgIpc) is 3.10. The van der Waals surface area contributed by atoms with Crippen molar-refractivity contribution in [3.05, 3.63) is 39.7 Å². The summed E-state index contributed by atoms with van der Waals surface area (Å²) in [5.41, 5.74) is -0.241. The Labute approximate surface area is 186 Å². The molecule has 0 saturated carbocycles. The molecular weight excluding hydrogens is 453 g/mol. The van der Waals surface area contributed by atoms with Gasteiger partial charge in [-0.25, -0.2) is 13.2 Å². The first-order chi connectivity index (χ1) is 14.0. The van der Waals surface area contributed by atoms with E-state index in [0.29, 0.717) is 19.4 Å². The van der Waals surface area contributed by atoms with Crippen molar-refractivity contribution in [1.29, 1.82) is 0 Å². The summed E-state index contributed by atoms with van der Waals surface area (Å²) in [6, 6.07) is 4.76. The van der Waals surface area contributed by atoms with Gasteiger partial charge in [0.05, 0.1) is 5.75 Å². The van der Waals surface area contributed by atoms with Crippen LogP contribution in [0.2, 0.25) is 10.0 Å². The summed E-state index contributed by atoms with van der Waals surface area (Å²) < 4.78 is 35.5. The highest BCUT2D eigenvalue weighted by Crippen LogP contribution is 2.28. The molecule has 2 rings (SSSR count). The van der Waals surface area contributed by atoms with Gasteiger partial charge in [-0.2, -0.15) is 0 Å². The summed E-state index contributed by atoms with van der Waals surface area (Å²) in [6.07, 6.45) is 2.21. The van der Waals surface area contributed by atoms with Gasteiger partial charge in [-0.3, -0.25) is 0 Å². The van der Waals surface area contributed by atoms with Crippen LogP contribution in [-0.4, -0.2) is 36.9 Å². The van der Waals surface area contributed by atoms with E-state index in [9.17, 15) is 13.2 Å². The fourth-order valence-corrected chi connectivity index (χ4v) is 4.36. The molecule has 0 fully saturated rings. The number of amides is 1. The summed E-state index contributed by atoms with van der Waals surface area (Å²) in [5.74, 6) is -0.192. The van der Waals surface area contributed by atoms with E-state index in [0.717, 1.165) is 12.8 Å². The number of carbonyl (C=O) groups excluding carboxylic acids is 1. The highest BCUT2D eigenvalue weighted by atomic mass is 35.5. The lowest BCUT2D eigenvalue weighted by atomic mass is 10.2. The van der Waals surface area contributed by atoms with Gasteiger partial charge in [0.15, 0.2) is 0 Å². The number of carbonyl (C=O) groups is 1. The number of ether oxygens (including phenoxy) is 1. The van der Waals surface area contributed by atoms with Gasteiger partial charge in [0.25, 0.3) is 0 Å². The molecule has 1 amide bonds. The van der Waals surface area contributed by atoms with Crippen molar-refractivity contribution in [1.82, 2.24) is 15.5 Å². The van der Waals surface area contributed by atoms with E-state index in [2.05, 4.69) is 15.5 Å². The van der Waals surface area contributed by atoms with Gasteiger partial charge < -0.3 is 14.5 Å². The van der Waals surface area contributed by atoms with Crippen LogP contribution >= 0.6 is 23.2 Å². The van der Waals surface area contributed by atoms with E-state index in [1.807, 2.05) is 0 Å². The van der Waals surface area contributed by atoms with E-state index in [-0.39, 0.29) is 21.5 Å². The second kappa shape index (κ2) is 10.5. The molecule has 0 unspecified atom stereocenters. The van der Waals surface area contributed by atoms with Crippen molar-refractivity contribution in [2.24, 2.45) is 0 Å². The van der Waals surface area contributed by atoms with Crippen molar-refractivity contribution in [3.8, 4) is 0 Å². The summed E-state index contributed by atoms with van der Waals surface area (Å²) in [4.78, 5) is 11.5. The zero-order chi connectivity index (χ0) is 22.4. The topological polar surface area (TPSA) is 111 Å². The lowest BCUT2D eigenvalue weighted by Gasteiger charge is -2.19. The van der Waals surface area contributed by atoms with Crippen LogP contribution in [0.3, 0.4) is 0 Å². The Kier molecular flexibility index (Phi) is 8.52. The van der Waals surface area contributed by atoms with Crippen LogP contribution in [0.1, 0.15) is 51.5 Å². The Morgan fingerprint density at radius 2 is 1.80 bits per heavy atom. The summed E-state index contributed by atoms with van der Waals surface area (Å²) in [5, 5.41) is 10.2. The standard InChI is InChI=1S/C19H25Cl2N3O5S/c1-19(2,3)29-17(25)22-11-6-4-5-10-16-23-24-18(28-16)30(26,27)12-13-14(20)8-7-9-15(13)21/h7-9H,4-6,10-12H2,1-3H3,(H,22,25). The molecule has 0 saturated heterocycles. The number of aromatic nitrogens is 2. The highest BCUT2D eigenvalue weighted by Gasteiger charge is 2.25. The van der Waals surface area contributed by atoms with E-state index < -0.39 is 32.5 Å². The highest BCUT2D eigenvalue weighted by molar-refractivity contribution is 7.90. The number of aryl methyl sites for hydroxylation is 1. The van der Waals surface area contributed by atoms with E-state index >= 15 is 0 Å². The van der Waals surface area contributed by atoms with Crippen molar-refractivity contribution < 1.29 is 22.4 Å². The lowest BCUT2D eigenvalue weighted by molar-refractivity contribution is 0.0527. The maximum Gasteiger partial charge on any atom is 0.407 e. The first-order valence-corrected chi connectivity index (χ1v) is 11.8. The van der Waals surface area contributed by atoms with Gasteiger partial charge in [0.2, 0.25) is 15.7 Å². The van der Waals surface area contributed by atoms with E-state index in [1.54, 1.807) is 39.0 Å². The van der Waals surface area contributed by atoms with Crippen LogP contribution in [0.15, 0.2) is 27.8 Å². The molecule has 30 heavy (non-hydrogen) atoms. The van der Waals surface area contributed by atoms with Crippen molar-refractivity contribution in [3.63, 3.8) is 0 Å². The maximum atomic E-state index is 12.5. The second-order valence-electron chi connectivity index (χ2n) is 7.66. The van der Waals surface area contributed by atoms with Gasteiger partial charge in [-0.1, -0.05) is 40.8 Å². The fourth-order valence-electron chi connectivity index (χ4n) is 2.47. The maximum absolute atomic E-state index is 12.5. The van der Waals surface area contributed by atoms with E-state index in [4.69, 9.17) is 32.4 Å². The molecule has 0 spiro atoms. The number of unbranched alkanes of at least 4 members (excludes halogenated alkanes) is 2. The molecule has 0 aliphatic heterocycles. The third-order valence-corrected chi connectivity index (χ3v) is 5.92. The predicted octanol–water partition coefficient (Wildman–Crippen LogP) is 4.59. The molecule has 11 heteroatoms. The average molecular weight is 478 g/mol. The fraction of sp³-hybridized carbons (Fsp3) is 0.526. The van der Waals surface area contributed by atoms with Crippen molar-refractivity contribution in [2.45, 2.75) is 63.0 Å². The quantitative estimate of drug-likeness (QED) is 0.525. The van der Waals surface area contributed by atoms with Crippen LogP contribution < -0.4 is 5.32 Å². The summed E-state index contributed by atoms with van der Waals surface area (Å²) in [6.45, 7) is 5.88. The molecule has 0 aliphatic carbocycles. The Balaban J connectivity index is 1.79. The lowest BCUT2D eigenvalue weighted by Crippen LogP contribution is -2.32. The van der Waals surface area contributed by atoms with Crippen LogP contribution in [0.25, 0.3) is 0 Å². The number of benzene rings is 1. The van der Waals surface area contributed by atoms with Crippen LogP contribution in [-0.2, 0) is 26.7 Å². The second-order valence-corrected chi connectivity index (χ2v) is 10.3. The number of halogens is 2. The smallest absolute Gasteiger partial charge is 0.407 e. The largest absolute Gasteiger partial charge is 0.444 e. The minimum atomic E-state index is -3.87. The number of rotatable bonds is 9. The Bertz CT molecular complexity index is 951.